The van der Waals surface area contributed by atoms with Crippen LogP contribution in [0, 0.1) is 0 Å². The summed E-state index contributed by atoms with van der Waals surface area (Å²) in [5.41, 5.74) is 3.67. The van der Waals surface area contributed by atoms with E-state index in [9.17, 15) is 14.4 Å². The van der Waals surface area contributed by atoms with Crippen molar-refractivity contribution in [3.63, 3.8) is 0 Å². The Bertz CT molecular complexity index is 1270. The Morgan fingerprint density at radius 3 is 2.16 bits per heavy atom. The molecule has 38 heavy (non-hydrogen) atoms. The van der Waals surface area contributed by atoms with Crippen molar-refractivity contribution < 1.29 is 19.1 Å². The molecular weight excluding hydrogens is 480 g/mol. The van der Waals surface area contributed by atoms with Gasteiger partial charge in [-0.3, -0.25) is 14.4 Å². The maximum atomic E-state index is 13.4. The first kappa shape index (κ1) is 25.3. The molecule has 196 valence electrons. The maximum Gasteiger partial charge on any atom is 0.254 e. The number of carbonyl (C=O) groups is 3. The summed E-state index contributed by atoms with van der Waals surface area (Å²) in [7, 11) is 1.64. The van der Waals surface area contributed by atoms with E-state index in [4.69, 9.17) is 4.74 Å². The maximum absolute atomic E-state index is 13.4. The molecule has 5 rings (SSSR count). The average molecular weight is 513 g/mol. The van der Waals surface area contributed by atoms with Crippen molar-refractivity contribution in [2.24, 2.45) is 0 Å². The van der Waals surface area contributed by atoms with Crippen molar-refractivity contribution in [1.82, 2.24) is 15.1 Å². The van der Waals surface area contributed by atoms with Gasteiger partial charge in [0.2, 0.25) is 11.8 Å². The molecule has 2 fully saturated rings. The molecule has 1 N–H and O–H groups in total. The average Bonchev–Trinajstić information content (AvgIpc) is 2.98. The van der Waals surface area contributed by atoms with Crippen molar-refractivity contribution in [3.05, 3.63) is 84.4 Å². The molecular formula is C30H32N4O4. The number of anilines is 1. The van der Waals surface area contributed by atoms with E-state index in [0.717, 1.165) is 22.6 Å². The minimum absolute atomic E-state index is 0.0256. The fourth-order valence-corrected chi connectivity index (χ4v) is 5.06. The summed E-state index contributed by atoms with van der Waals surface area (Å²) in [6.45, 7) is 3.27. The van der Waals surface area contributed by atoms with Gasteiger partial charge in [0.25, 0.3) is 5.91 Å². The number of methoxy groups -OCH3 is 1. The number of piperazine rings is 2. The fourth-order valence-electron chi connectivity index (χ4n) is 5.06. The van der Waals surface area contributed by atoms with E-state index in [1.807, 2.05) is 66.7 Å². The minimum atomic E-state index is -0.822. The van der Waals surface area contributed by atoms with Crippen LogP contribution in [0.25, 0.3) is 11.1 Å². The molecule has 2 heterocycles. The van der Waals surface area contributed by atoms with Gasteiger partial charge in [0.05, 0.1) is 13.5 Å². The highest BCUT2D eigenvalue weighted by atomic mass is 16.5. The Morgan fingerprint density at radius 1 is 0.842 bits per heavy atom. The molecule has 2 aliphatic rings. The van der Waals surface area contributed by atoms with E-state index in [2.05, 4.69) is 10.2 Å². The standard InChI is InChI=1S/C30H32N4O4/c1-38-26-13-11-25(12-14-26)32-17-19-33(20-18-32)28(35)21-27-29(36)31-15-16-34(27)30(37)24-9-7-23(8-10-24)22-5-3-2-4-6-22/h2-14,27H,15-21H2,1H3,(H,31,36)/t27-/m1/s1. The second kappa shape index (κ2) is 11.4. The summed E-state index contributed by atoms with van der Waals surface area (Å²) >= 11 is 0. The Hall–Kier alpha value is -4.33. The van der Waals surface area contributed by atoms with E-state index in [1.165, 1.54) is 0 Å². The van der Waals surface area contributed by atoms with Gasteiger partial charge >= 0.3 is 0 Å². The molecule has 0 aliphatic carbocycles. The first-order chi connectivity index (χ1) is 18.5. The largest absolute Gasteiger partial charge is 0.497 e. The van der Waals surface area contributed by atoms with Gasteiger partial charge in [-0.05, 0) is 47.5 Å². The lowest BCUT2D eigenvalue weighted by Crippen LogP contribution is -2.59. The number of benzene rings is 3. The Kier molecular flexibility index (Phi) is 7.58. The molecule has 0 unspecified atom stereocenters. The summed E-state index contributed by atoms with van der Waals surface area (Å²) < 4.78 is 5.23. The zero-order valence-electron chi connectivity index (χ0n) is 21.5. The van der Waals surface area contributed by atoms with Gasteiger partial charge in [0.1, 0.15) is 11.8 Å². The SMILES string of the molecule is COc1ccc(N2CCN(C(=O)C[C@@H]3C(=O)NCCN3C(=O)c3ccc(-c4ccccc4)cc3)CC2)cc1. The molecule has 3 amide bonds. The second-order valence-electron chi connectivity index (χ2n) is 9.52. The van der Waals surface area contributed by atoms with Crippen LogP contribution in [0.1, 0.15) is 16.8 Å². The first-order valence-corrected chi connectivity index (χ1v) is 12.9. The highest BCUT2D eigenvalue weighted by Crippen LogP contribution is 2.23. The molecule has 8 nitrogen and oxygen atoms in total. The van der Waals surface area contributed by atoms with Gasteiger partial charge in [-0.2, -0.15) is 0 Å². The van der Waals surface area contributed by atoms with Crippen LogP contribution in [-0.4, -0.2) is 79.9 Å². The second-order valence-corrected chi connectivity index (χ2v) is 9.52. The van der Waals surface area contributed by atoms with Crippen LogP contribution in [0.2, 0.25) is 0 Å². The topological polar surface area (TPSA) is 82.2 Å². The smallest absolute Gasteiger partial charge is 0.254 e. The number of hydrogen-bond donors (Lipinski definition) is 1. The third-order valence-electron chi connectivity index (χ3n) is 7.27. The number of nitrogens with zero attached hydrogens (tertiary/aromatic N) is 3. The molecule has 2 aliphatic heterocycles. The van der Waals surface area contributed by atoms with E-state index < -0.39 is 6.04 Å². The molecule has 0 bridgehead atoms. The van der Waals surface area contributed by atoms with Gasteiger partial charge in [-0.15, -0.1) is 0 Å². The summed E-state index contributed by atoms with van der Waals surface area (Å²) in [4.78, 5) is 45.0. The minimum Gasteiger partial charge on any atom is -0.497 e. The lowest BCUT2D eigenvalue weighted by Gasteiger charge is -2.39. The van der Waals surface area contributed by atoms with Crippen molar-refractivity contribution in [2.75, 3.05) is 51.3 Å². The predicted octanol–water partition coefficient (Wildman–Crippen LogP) is 3.04. The number of amides is 3. The highest BCUT2D eigenvalue weighted by molar-refractivity contribution is 6.00. The van der Waals surface area contributed by atoms with Crippen molar-refractivity contribution in [3.8, 4) is 16.9 Å². The molecule has 0 spiro atoms. The van der Waals surface area contributed by atoms with Gasteiger partial charge in [0, 0.05) is 50.5 Å². The number of carbonyl (C=O) groups excluding carboxylic acids is 3. The van der Waals surface area contributed by atoms with E-state index in [1.54, 1.807) is 29.0 Å². The molecule has 1 atom stereocenters. The zero-order chi connectivity index (χ0) is 26.5. The normalized spacial score (nSPS) is 17.7. The monoisotopic (exact) mass is 512 g/mol. The Morgan fingerprint density at radius 2 is 1.50 bits per heavy atom. The predicted molar refractivity (Wildman–Crippen MR) is 146 cm³/mol. The third-order valence-corrected chi connectivity index (χ3v) is 7.27. The third kappa shape index (κ3) is 5.49. The van der Waals surface area contributed by atoms with E-state index in [-0.39, 0.29) is 24.1 Å². The molecule has 8 heteroatoms. The number of hydrogen-bond acceptors (Lipinski definition) is 5. The summed E-state index contributed by atoms with van der Waals surface area (Å²) in [5.74, 6) is 0.176. The van der Waals surface area contributed by atoms with Crippen LogP contribution in [0.15, 0.2) is 78.9 Å². The molecule has 0 radical (unpaired) electrons. The zero-order valence-corrected chi connectivity index (χ0v) is 21.5. The van der Waals surface area contributed by atoms with Crippen LogP contribution < -0.4 is 15.0 Å². The molecule has 0 saturated carbocycles. The fraction of sp³-hybridized carbons (Fsp3) is 0.300. The van der Waals surface area contributed by atoms with Gasteiger partial charge in [-0.25, -0.2) is 0 Å². The molecule has 3 aromatic rings. The van der Waals surface area contributed by atoms with Gasteiger partial charge < -0.3 is 24.8 Å². The summed E-state index contributed by atoms with van der Waals surface area (Å²) in [6.07, 6.45) is -0.0256. The quantitative estimate of drug-likeness (QED) is 0.549. The van der Waals surface area contributed by atoms with Gasteiger partial charge in [0.15, 0.2) is 0 Å². The Labute approximate surface area is 222 Å². The number of nitrogens with one attached hydrogen (secondary N) is 1. The highest BCUT2D eigenvalue weighted by Gasteiger charge is 2.36. The lowest BCUT2D eigenvalue weighted by atomic mass is 10.0. The Balaban J connectivity index is 1.22. The van der Waals surface area contributed by atoms with Crippen LogP contribution in [-0.2, 0) is 9.59 Å². The van der Waals surface area contributed by atoms with Crippen molar-refractivity contribution >= 4 is 23.4 Å². The lowest BCUT2D eigenvalue weighted by molar-refractivity contribution is -0.138. The summed E-state index contributed by atoms with van der Waals surface area (Å²) in [6, 6.07) is 24.4. The van der Waals surface area contributed by atoms with Crippen molar-refractivity contribution in [1.29, 1.82) is 0 Å². The van der Waals surface area contributed by atoms with Crippen LogP contribution >= 0.6 is 0 Å². The van der Waals surface area contributed by atoms with Crippen LogP contribution in [0.4, 0.5) is 5.69 Å². The number of rotatable bonds is 6. The molecule has 3 aromatic carbocycles. The molecule has 2 saturated heterocycles. The summed E-state index contributed by atoms with van der Waals surface area (Å²) in [5, 5.41) is 2.82. The van der Waals surface area contributed by atoms with Crippen LogP contribution in [0.5, 0.6) is 5.75 Å². The van der Waals surface area contributed by atoms with E-state index in [0.29, 0.717) is 44.8 Å². The van der Waals surface area contributed by atoms with Crippen LogP contribution in [0.3, 0.4) is 0 Å². The van der Waals surface area contributed by atoms with E-state index >= 15 is 0 Å². The van der Waals surface area contributed by atoms with Gasteiger partial charge in [-0.1, -0.05) is 42.5 Å². The first-order valence-electron chi connectivity index (χ1n) is 12.9. The number of ether oxygens (including phenoxy) is 1. The molecule has 0 aromatic heterocycles. The van der Waals surface area contributed by atoms with Crippen molar-refractivity contribution in [2.45, 2.75) is 12.5 Å².